The van der Waals surface area contributed by atoms with E-state index < -0.39 is 5.97 Å². The molecule has 1 aromatic rings. The van der Waals surface area contributed by atoms with Crippen LogP contribution in [0.2, 0.25) is 0 Å². The molecule has 0 aliphatic heterocycles. The lowest BCUT2D eigenvalue weighted by molar-refractivity contribution is -0.137. The van der Waals surface area contributed by atoms with Crippen molar-refractivity contribution in [2.75, 3.05) is 11.9 Å². The number of carboxylic acid groups (broad SMARTS) is 1. The molecule has 0 bridgehead atoms. The highest BCUT2D eigenvalue weighted by atomic mass is 16.4. The first-order chi connectivity index (χ1) is 8.39. The van der Waals surface area contributed by atoms with Gasteiger partial charge in [0.1, 0.15) is 0 Å². The third-order valence-corrected chi connectivity index (χ3v) is 2.90. The molecule has 3 nitrogen and oxygen atoms in total. The maximum Gasteiger partial charge on any atom is 0.303 e. The van der Waals surface area contributed by atoms with Gasteiger partial charge in [-0.3, -0.25) is 4.79 Å². The molecule has 1 rings (SSSR count). The van der Waals surface area contributed by atoms with Crippen molar-refractivity contribution in [1.82, 2.24) is 0 Å². The predicted molar refractivity (Wildman–Crippen MR) is 75.1 cm³/mol. The number of hydrogen-bond donors (Lipinski definition) is 2. The van der Waals surface area contributed by atoms with E-state index in [1.807, 2.05) is 0 Å². The summed E-state index contributed by atoms with van der Waals surface area (Å²) in [4.78, 5) is 10.3. The molecule has 0 amide bonds. The Kier molecular flexibility index (Phi) is 5.20. The molecule has 1 aromatic carbocycles. The molecule has 0 unspecified atom stereocenters. The van der Waals surface area contributed by atoms with Crippen LogP contribution < -0.4 is 5.32 Å². The number of unbranched alkanes of at least 4 members (excludes halogenated alkanes) is 1. The second-order valence-corrected chi connectivity index (χ2v) is 5.60. The quantitative estimate of drug-likeness (QED) is 0.757. The van der Waals surface area contributed by atoms with Crippen molar-refractivity contribution in [3.8, 4) is 0 Å². The molecule has 0 aromatic heterocycles. The normalized spacial score (nSPS) is 11.3. The molecule has 3 heteroatoms. The number of hydrogen-bond acceptors (Lipinski definition) is 2. The van der Waals surface area contributed by atoms with Gasteiger partial charge in [-0.2, -0.15) is 0 Å². The number of carboxylic acids is 1. The van der Waals surface area contributed by atoms with Crippen LogP contribution in [0.5, 0.6) is 0 Å². The maximum absolute atomic E-state index is 10.3. The average Bonchev–Trinajstić information content (AvgIpc) is 2.27. The standard InChI is InChI=1S/C15H23NO2/c1-15(2,3)12-7-9-13(10-8-12)16-11-5-4-6-14(17)18/h7-10,16H,4-6,11H2,1-3H3,(H,17,18). The van der Waals surface area contributed by atoms with Gasteiger partial charge in [-0.25, -0.2) is 0 Å². The minimum absolute atomic E-state index is 0.181. The third-order valence-electron chi connectivity index (χ3n) is 2.90. The van der Waals surface area contributed by atoms with Crippen LogP contribution in [0.25, 0.3) is 0 Å². The fraction of sp³-hybridized carbons (Fsp3) is 0.533. The van der Waals surface area contributed by atoms with Crippen LogP contribution in [0, 0.1) is 0 Å². The summed E-state index contributed by atoms with van der Waals surface area (Å²) in [5.74, 6) is -0.718. The minimum atomic E-state index is -0.718. The summed E-state index contributed by atoms with van der Waals surface area (Å²) in [7, 11) is 0. The second-order valence-electron chi connectivity index (χ2n) is 5.60. The molecule has 18 heavy (non-hydrogen) atoms. The zero-order valence-electron chi connectivity index (χ0n) is 11.5. The molecular weight excluding hydrogens is 226 g/mol. The summed E-state index contributed by atoms with van der Waals surface area (Å²) in [6.07, 6.45) is 1.86. The van der Waals surface area contributed by atoms with Gasteiger partial charge in [-0.05, 0) is 36.0 Å². The van der Waals surface area contributed by atoms with Gasteiger partial charge in [0.25, 0.3) is 0 Å². The molecule has 0 atom stereocenters. The summed E-state index contributed by atoms with van der Waals surface area (Å²) in [5.41, 5.74) is 2.59. The van der Waals surface area contributed by atoms with Crippen molar-refractivity contribution in [2.45, 2.75) is 45.4 Å². The SMILES string of the molecule is CC(C)(C)c1ccc(NCCCCC(=O)O)cc1. The Hall–Kier alpha value is -1.51. The first kappa shape index (κ1) is 14.6. The number of rotatable bonds is 6. The Morgan fingerprint density at radius 1 is 1.17 bits per heavy atom. The maximum atomic E-state index is 10.3. The van der Waals surface area contributed by atoms with E-state index in [-0.39, 0.29) is 11.8 Å². The van der Waals surface area contributed by atoms with E-state index in [1.54, 1.807) is 0 Å². The Morgan fingerprint density at radius 2 is 1.78 bits per heavy atom. The predicted octanol–water partition coefficient (Wildman–Crippen LogP) is 3.65. The van der Waals surface area contributed by atoms with Gasteiger partial charge in [-0.15, -0.1) is 0 Å². The van der Waals surface area contributed by atoms with Crippen molar-refractivity contribution in [1.29, 1.82) is 0 Å². The molecule has 0 fully saturated rings. The first-order valence-electron chi connectivity index (χ1n) is 6.46. The van der Waals surface area contributed by atoms with Crippen LogP contribution in [-0.4, -0.2) is 17.6 Å². The minimum Gasteiger partial charge on any atom is -0.481 e. The van der Waals surface area contributed by atoms with Crippen LogP contribution >= 0.6 is 0 Å². The Labute approximate surface area is 109 Å². The summed E-state index contributed by atoms with van der Waals surface area (Å²) in [5, 5.41) is 11.8. The number of aliphatic carboxylic acids is 1. The molecule has 0 aliphatic rings. The molecule has 100 valence electrons. The van der Waals surface area contributed by atoms with Crippen LogP contribution in [0.3, 0.4) is 0 Å². The Balaban J connectivity index is 2.33. The number of carbonyl (C=O) groups is 1. The van der Waals surface area contributed by atoms with Crippen molar-refractivity contribution >= 4 is 11.7 Å². The van der Waals surface area contributed by atoms with Crippen molar-refractivity contribution in [3.63, 3.8) is 0 Å². The molecular formula is C15H23NO2. The number of anilines is 1. The van der Waals surface area contributed by atoms with E-state index in [0.717, 1.165) is 25.1 Å². The van der Waals surface area contributed by atoms with Gasteiger partial charge in [0.05, 0.1) is 0 Å². The van der Waals surface area contributed by atoms with Crippen LogP contribution in [-0.2, 0) is 10.2 Å². The Morgan fingerprint density at radius 3 is 2.28 bits per heavy atom. The molecule has 0 heterocycles. The number of benzene rings is 1. The van der Waals surface area contributed by atoms with Crippen molar-refractivity contribution in [2.24, 2.45) is 0 Å². The summed E-state index contributed by atoms with van der Waals surface area (Å²) < 4.78 is 0. The fourth-order valence-electron chi connectivity index (χ4n) is 1.72. The van der Waals surface area contributed by atoms with E-state index in [1.165, 1.54) is 5.56 Å². The van der Waals surface area contributed by atoms with Crippen LogP contribution in [0.1, 0.15) is 45.6 Å². The second kappa shape index (κ2) is 6.43. The third kappa shape index (κ3) is 5.21. The van der Waals surface area contributed by atoms with E-state index in [4.69, 9.17) is 5.11 Å². The molecule has 0 radical (unpaired) electrons. The van der Waals surface area contributed by atoms with E-state index in [2.05, 4.69) is 50.4 Å². The average molecular weight is 249 g/mol. The van der Waals surface area contributed by atoms with Crippen molar-refractivity contribution in [3.05, 3.63) is 29.8 Å². The van der Waals surface area contributed by atoms with Gasteiger partial charge >= 0.3 is 5.97 Å². The lowest BCUT2D eigenvalue weighted by Crippen LogP contribution is -2.11. The van der Waals surface area contributed by atoms with Gasteiger partial charge < -0.3 is 10.4 Å². The van der Waals surface area contributed by atoms with E-state index in [0.29, 0.717) is 0 Å². The highest BCUT2D eigenvalue weighted by Crippen LogP contribution is 2.23. The lowest BCUT2D eigenvalue weighted by Gasteiger charge is -2.19. The van der Waals surface area contributed by atoms with E-state index >= 15 is 0 Å². The summed E-state index contributed by atoms with van der Waals surface area (Å²) in [6, 6.07) is 8.44. The highest BCUT2D eigenvalue weighted by molar-refractivity contribution is 5.66. The molecule has 2 N–H and O–H groups in total. The summed E-state index contributed by atoms with van der Waals surface area (Å²) >= 11 is 0. The highest BCUT2D eigenvalue weighted by Gasteiger charge is 2.12. The molecule has 0 saturated carbocycles. The smallest absolute Gasteiger partial charge is 0.303 e. The monoisotopic (exact) mass is 249 g/mol. The van der Waals surface area contributed by atoms with Crippen LogP contribution in [0.4, 0.5) is 5.69 Å². The van der Waals surface area contributed by atoms with Gasteiger partial charge in [-0.1, -0.05) is 32.9 Å². The zero-order chi connectivity index (χ0) is 13.6. The number of nitrogens with one attached hydrogen (secondary N) is 1. The lowest BCUT2D eigenvalue weighted by atomic mass is 9.87. The van der Waals surface area contributed by atoms with Crippen molar-refractivity contribution < 1.29 is 9.90 Å². The molecule has 0 spiro atoms. The Bertz CT molecular complexity index is 376. The zero-order valence-corrected chi connectivity index (χ0v) is 11.5. The molecule has 0 saturated heterocycles. The van der Waals surface area contributed by atoms with Gasteiger partial charge in [0.15, 0.2) is 0 Å². The first-order valence-corrected chi connectivity index (χ1v) is 6.46. The largest absolute Gasteiger partial charge is 0.481 e. The molecule has 0 aliphatic carbocycles. The van der Waals surface area contributed by atoms with E-state index in [9.17, 15) is 4.79 Å². The summed E-state index contributed by atoms with van der Waals surface area (Å²) in [6.45, 7) is 7.41. The van der Waals surface area contributed by atoms with Gasteiger partial charge in [0, 0.05) is 18.7 Å². The fourth-order valence-corrected chi connectivity index (χ4v) is 1.72. The van der Waals surface area contributed by atoms with Gasteiger partial charge in [0.2, 0.25) is 0 Å². The topological polar surface area (TPSA) is 49.3 Å². The van der Waals surface area contributed by atoms with Crippen LogP contribution in [0.15, 0.2) is 24.3 Å².